The second-order valence-corrected chi connectivity index (χ2v) is 4.04. The van der Waals surface area contributed by atoms with Gasteiger partial charge in [-0.25, -0.2) is 0 Å². The summed E-state index contributed by atoms with van der Waals surface area (Å²) in [5.74, 6) is 0.343. The first-order valence-corrected chi connectivity index (χ1v) is 5.96. The average molecular weight is 216 g/mol. The van der Waals surface area contributed by atoms with E-state index in [4.69, 9.17) is 0 Å². The van der Waals surface area contributed by atoms with Crippen molar-refractivity contribution in [3.8, 4) is 0 Å². The molecule has 1 heteroatoms. The summed E-state index contributed by atoms with van der Waals surface area (Å²) < 4.78 is 0. The Morgan fingerprint density at radius 3 is 2.25 bits per heavy atom. The van der Waals surface area contributed by atoms with Crippen molar-refractivity contribution in [1.82, 2.24) is 0 Å². The number of benzene rings is 1. The SMILES string of the molecule is C=CCCc1ccc(CCC(=O)CC)cc1. The van der Waals surface area contributed by atoms with E-state index in [2.05, 4.69) is 30.8 Å². The van der Waals surface area contributed by atoms with E-state index in [9.17, 15) is 4.79 Å². The lowest BCUT2D eigenvalue weighted by atomic mass is 10.0. The Hall–Kier alpha value is -1.37. The molecule has 1 aromatic rings. The first-order chi connectivity index (χ1) is 7.76. The summed E-state index contributed by atoms with van der Waals surface area (Å²) in [4.78, 5) is 11.2. The van der Waals surface area contributed by atoms with Crippen molar-refractivity contribution in [3.63, 3.8) is 0 Å². The van der Waals surface area contributed by atoms with Gasteiger partial charge in [0.25, 0.3) is 0 Å². The Labute approximate surface area is 98.2 Å². The zero-order valence-corrected chi connectivity index (χ0v) is 10.0. The molecule has 0 bridgehead atoms. The van der Waals surface area contributed by atoms with E-state index in [1.807, 2.05) is 13.0 Å². The normalized spacial score (nSPS) is 10.1. The van der Waals surface area contributed by atoms with Crippen LogP contribution >= 0.6 is 0 Å². The molecule has 1 nitrogen and oxygen atoms in total. The lowest BCUT2D eigenvalue weighted by Gasteiger charge is -2.02. The maximum Gasteiger partial charge on any atom is 0.132 e. The Morgan fingerprint density at radius 1 is 1.19 bits per heavy atom. The second kappa shape index (κ2) is 7.00. The van der Waals surface area contributed by atoms with E-state index in [0.29, 0.717) is 18.6 Å². The van der Waals surface area contributed by atoms with E-state index in [1.54, 1.807) is 0 Å². The molecule has 0 atom stereocenters. The van der Waals surface area contributed by atoms with Crippen LogP contribution in [0.25, 0.3) is 0 Å². The van der Waals surface area contributed by atoms with Gasteiger partial charge in [-0.2, -0.15) is 0 Å². The van der Waals surface area contributed by atoms with Crippen molar-refractivity contribution in [2.45, 2.75) is 39.0 Å². The number of allylic oxidation sites excluding steroid dienone is 1. The van der Waals surface area contributed by atoms with Crippen molar-refractivity contribution in [2.24, 2.45) is 0 Å². The van der Waals surface area contributed by atoms with Crippen LogP contribution in [0.3, 0.4) is 0 Å². The summed E-state index contributed by atoms with van der Waals surface area (Å²) in [5, 5.41) is 0. The Bertz CT molecular complexity index is 335. The van der Waals surface area contributed by atoms with Gasteiger partial charge in [0, 0.05) is 12.8 Å². The molecule has 0 fully saturated rings. The van der Waals surface area contributed by atoms with Gasteiger partial charge in [0.15, 0.2) is 0 Å². The first kappa shape index (κ1) is 12.7. The molecule has 0 amide bonds. The molecule has 0 saturated carbocycles. The largest absolute Gasteiger partial charge is 0.300 e. The standard InChI is InChI=1S/C15H20O/c1-3-5-6-13-7-9-14(10-8-13)11-12-15(16)4-2/h3,7-10H,1,4-6,11-12H2,2H3. The van der Waals surface area contributed by atoms with Gasteiger partial charge in [-0.15, -0.1) is 6.58 Å². The molecule has 0 aliphatic heterocycles. The van der Waals surface area contributed by atoms with Crippen LogP contribution in [-0.2, 0) is 17.6 Å². The average Bonchev–Trinajstić information content (AvgIpc) is 2.34. The van der Waals surface area contributed by atoms with Crippen LogP contribution < -0.4 is 0 Å². The lowest BCUT2D eigenvalue weighted by molar-refractivity contribution is -0.118. The van der Waals surface area contributed by atoms with E-state index >= 15 is 0 Å². The number of carbonyl (C=O) groups is 1. The van der Waals surface area contributed by atoms with Gasteiger partial charge >= 0.3 is 0 Å². The highest BCUT2D eigenvalue weighted by atomic mass is 16.1. The maximum absolute atomic E-state index is 11.2. The number of rotatable bonds is 7. The quantitative estimate of drug-likeness (QED) is 0.635. The molecular formula is C15H20O. The topological polar surface area (TPSA) is 17.1 Å². The molecule has 0 N–H and O–H groups in total. The predicted molar refractivity (Wildman–Crippen MR) is 68.6 cm³/mol. The smallest absolute Gasteiger partial charge is 0.132 e. The Kier molecular flexibility index (Phi) is 5.55. The molecule has 0 aliphatic rings. The van der Waals surface area contributed by atoms with Gasteiger partial charge in [0.1, 0.15) is 5.78 Å². The molecule has 0 aliphatic carbocycles. The summed E-state index contributed by atoms with van der Waals surface area (Å²) in [6, 6.07) is 8.55. The summed E-state index contributed by atoms with van der Waals surface area (Å²) in [6.45, 7) is 5.63. The van der Waals surface area contributed by atoms with E-state index in [0.717, 1.165) is 19.3 Å². The zero-order chi connectivity index (χ0) is 11.8. The van der Waals surface area contributed by atoms with Gasteiger partial charge in [-0.3, -0.25) is 4.79 Å². The van der Waals surface area contributed by atoms with E-state index in [-0.39, 0.29) is 0 Å². The third-order valence-corrected chi connectivity index (χ3v) is 2.75. The van der Waals surface area contributed by atoms with Crippen molar-refractivity contribution in [2.75, 3.05) is 0 Å². The lowest BCUT2D eigenvalue weighted by Crippen LogP contribution is -1.97. The van der Waals surface area contributed by atoms with Crippen molar-refractivity contribution < 1.29 is 4.79 Å². The molecular weight excluding hydrogens is 196 g/mol. The molecule has 86 valence electrons. The van der Waals surface area contributed by atoms with Crippen LogP contribution in [0.1, 0.15) is 37.3 Å². The van der Waals surface area contributed by atoms with Crippen molar-refractivity contribution in [1.29, 1.82) is 0 Å². The highest BCUT2D eigenvalue weighted by Gasteiger charge is 1.99. The number of hydrogen-bond donors (Lipinski definition) is 0. The third-order valence-electron chi connectivity index (χ3n) is 2.75. The molecule has 0 radical (unpaired) electrons. The summed E-state index contributed by atoms with van der Waals surface area (Å²) in [6.07, 6.45) is 6.20. The minimum absolute atomic E-state index is 0.343. The number of hydrogen-bond acceptors (Lipinski definition) is 1. The van der Waals surface area contributed by atoms with Gasteiger partial charge < -0.3 is 0 Å². The fourth-order valence-electron chi connectivity index (χ4n) is 1.60. The number of aryl methyl sites for hydroxylation is 2. The van der Waals surface area contributed by atoms with Gasteiger partial charge in [0.05, 0.1) is 0 Å². The Balaban J connectivity index is 2.44. The minimum atomic E-state index is 0.343. The monoisotopic (exact) mass is 216 g/mol. The molecule has 0 heterocycles. The predicted octanol–water partition coefficient (Wildman–Crippen LogP) is 3.72. The minimum Gasteiger partial charge on any atom is -0.300 e. The second-order valence-electron chi connectivity index (χ2n) is 4.04. The van der Waals surface area contributed by atoms with Gasteiger partial charge in [-0.05, 0) is 30.4 Å². The first-order valence-electron chi connectivity index (χ1n) is 5.96. The highest BCUT2D eigenvalue weighted by Crippen LogP contribution is 2.09. The molecule has 0 saturated heterocycles. The van der Waals surface area contributed by atoms with E-state index < -0.39 is 0 Å². The molecule has 1 aromatic carbocycles. The van der Waals surface area contributed by atoms with Crippen LogP contribution in [-0.4, -0.2) is 5.78 Å². The maximum atomic E-state index is 11.2. The van der Waals surface area contributed by atoms with Crippen LogP contribution in [0, 0.1) is 0 Å². The number of carbonyl (C=O) groups excluding carboxylic acids is 1. The molecule has 0 spiro atoms. The van der Waals surface area contributed by atoms with Gasteiger partial charge in [0.2, 0.25) is 0 Å². The fourth-order valence-corrected chi connectivity index (χ4v) is 1.60. The highest BCUT2D eigenvalue weighted by molar-refractivity contribution is 5.78. The van der Waals surface area contributed by atoms with Crippen LogP contribution in [0.15, 0.2) is 36.9 Å². The van der Waals surface area contributed by atoms with Gasteiger partial charge in [-0.1, -0.05) is 37.3 Å². The van der Waals surface area contributed by atoms with Crippen LogP contribution in [0.4, 0.5) is 0 Å². The third kappa shape index (κ3) is 4.43. The molecule has 0 aromatic heterocycles. The summed E-state index contributed by atoms with van der Waals surface area (Å²) >= 11 is 0. The Morgan fingerprint density at radius 2 is 1.75 bits per heavy atom. The molecule has 0 unspecified atom stereocenters. The van der Waals surface area contributed by atoms with Crippen molar-refractivity contribution in [3.05, 3.63) is 48.0 Å². The van der Waals surface area contributed by atoms with Crippen molar-refractivity contribution >= 4 is 5.78 Å². The van der Waals surface area contributed by atoms with Crippen LogP contribution in [0.2, 0.25) is 0 Å². The number of Topliss-reactive ketones (excluding diaryl/α,β-unsaturated/α-hetero) is 1. The van der Waals surface area contributed by atoms with E-state index in [1.165, 1.54) is 11.1 Å². The molecule has 1 rings (SSSR count). The zero-order valence-electron chi connectivity index (χ0n) is 10.0. The summed E-state index contributed by atoms with van der Waals surface area (Å²) in [7, 11) is 0. The summed E-state index contributed by atoms with van der Waals surface area (Å²) in [5.41, 5.74) is 2.59. The number of ketones is 1. The fraction of sp³-hybridized carbons (Fsp3) is 0.400. The van der Waals surface area contributed by atoms with Crippen LogP contribution in [0.5, 0.6) is 0 Å². The molecule has 16 heavy (non-hydrogen) atoms.